The van der Waals surface area contributed by atoms with Crippen LogP contribution in [-0.2, 0) is 14.8 Å². The van der Waals surface area contributed by atoms with E-state index in [1.807, 2.05) is 0 Å². The molecule has 1 fully saturated rings. The Kier molecular flexibility index (Phi) is 3.46. The Balaban J connectivity index is 2.18. The van der Waals surface area contributed by atoms with Crippen LogP contribution in [0.25, 0.3) is 0 Å². The van der Waals surface area contributed by atoms with Gasteiger partial charge in [-0.2, -0.15) is 0 Å². The summed E-state index contributed by atoms with van der Waals surface area (Å²) in [4.78, 5) is 23.7. The minimum Gasteiger partial charge on any atom is -0.292 e. The van der Waals surface area contributed by atoms with Gasteiger partial charge in [0.05, 0.1) is 0 Å². The van der Waals surface area contributed by atoms with Crippen molar-refractivity contribution in [3.8, 4) is 0 Å². The van der Waals surface area contributed by atoms with E-state index in [2.05, 4.69) is 22.6 Å². The molecule has 0 bridgehead atoms. The number of ketones is 1. The molecule has 0 saturated carbocycles. The largest absolute Gasteiger partial charge is 0.292 e. The fourth-order valence-electron chi connectivity index (χ4n) is 1.77. The van der Waals surface area contributed by atoms with Gasteiger partial charge in [-0.15, -0.1) is 0 Å². The molecule has 1 aromatic rings. The molecule has 0 spiro atoms. The zero-order valence-corrected chi connectivity index (χ0v) is 13.4. The first-order valence-electron chi connectivity index (χ1n) is 5.53. The summed E-state index contributed by atoms with van der Waals surface area (Å²) in [6.07, 6.45) is 0. The highest BCUT2D eigenvalue weighted by atomic mass is 127. The third-order valence-corrected chi connectivity index (χ3v) is 6.19. The molecule has 1 heterocycles. The normalized spacial score (nSPS) is 19.9. The number of halogens is 1. The predicted molar refractivity (Wildman–Crippen MR) is 78.2 cm³/mol. The molecule has 5 nitrogen and oxygen atoms in total. The summed E-state index contributed by atoms with van der Waals surface area (Å²) in [5.74, 6) is -0.921. The molecule has 0 unspecified atom stereocenters. The predicted octanol–water partition coefficient (Wildman–Crippen LogP) is 1.42. The quantitative estimate of drug-likeness (QED) is 0.576. The Labute approximate surface area is 125 Å². The lowest BCUT2D eigenvalue weighted by Crippen LogP contribution is -2.68. The van der Waals surface area contributed by atoms with Gasteiger partial charge >= 0.3 is 0 Å². The van der Waals surface area contributed by atoms with E-state index in [4.69, 9.17) is 0 Å². The molecule has 7 heteroatoms. The molecular weight excluding hydrogens is 381 g/mol. The van der Waals surface area contributed by atoms with Crippen LogP contribution in [-0.4, -0.2) is 35.7 Å². The van der Waals surface area contributed by atoms with Crippen molar-refractivity contribution in [2.24, 2.45) is 0 Å². The molecule has 0 N–H and O–H groups in total. The lowest BCUT2D eigenvalue weighted by Gasteiger charge is -2.42. The second kappa shape index (κ2) is 4.55. The van der Waals surface area contributed by atoms with Gasteiger partial charge < -0.3 is 0 Å². The van der Waals surface area contributed by atoms with Crippen LogP contribution in [0.15, 0.2) is 24.3 Å². The highest BCUT2D eigenvalue weighted by molar-refractivity contribution is 14.1. The Hall–Kier alpha value is -0.960. The first-order chi connectivity index (χ1) is 8.68. The number of hydrogen-bond acceptors (Lipinski definition) is 4. The van der Waals surface area contributed by atoms with Crippen molar-refractivity contribution in [2.75, 3.05) is 6.54 Å². The van der Waals surface area contributed by atoms with Crippen LogP contribution in [0.4, 0.5) is 0 Å². The minimum atomic E-state index is -3.70. The molecular formula is C12H12INO4S. The van der Waals surface area contributed by atoms with E-state index in [0.29, 0.717) is 9.87 Å². The summed E-state index contributed by atoms with van der Waals surface area (Å²) in [6.45, 7) is 2.26. The maximum atomic E-state index is 11.9. The van der Waals surface area contributed by atoms with Crippen LogP contribution in [0.3, 0.4) is 0 Å². The molecule has 1 aromatic carbocycles. The molecule has 0 radical (unpaired) electrons. The van der Waals surface area contributed by atoms with Crippen molar-refractivity contribution in [3.63, 3.8) is 0 Å². The molecule has 1 amide bonds. The molecule has 0 atom stereocenters. The van der Waals surface area contributed by atoms with E-state index in [1.54, 1.807) is 24.3 Å². The summed E-state index contributed by atoms with van der Waals surface area (Å²) in [5.41, 5.74) is 0.396. The van der Waals surface area contributed by atoms with Crippen molar-refractivity contribution in [2.45, 2.75) is 18.6 Å². The Morgan fingerprint density at radius 2 is 1.79 bits per heavy atom. The van der Waals surface area contributed by atoms with E-state index in [0.717, 1.165) is 3.57 Å². The Morgan fingerprint density at radius 1 is 1.26 bits per heavy atom. The number of hydrogen-bond donors (Lipinski definition) is 0. The molecule has 2 rings (SSSR count). The average molecular weight is 393 g/mol. The van der Waals surface area contributed by atoms with Gasteiger partial charge in [0.25, 0.3) is 15.9 Å². The third kappa shape index (κ3) is 2.18. The highest BCUT2D eigenvalue weighted by Gasteiger charge is 2.60. The monoisotopic (exact) mass is 393 g/mol. The molecule has 19 heavy (non-hydrogen) atoms. The first kappa shape index (κ1) is 14.4. The van der Waals surface area contributed by atoms with Crippen molar-refractivity contribution in [3.05, 3.63) is 33.4 Å². The fourth-order valence-corrected chi connectivity index (χ4v) is 3.61. The minimum absolute atomic E-state index is 0.385. The van der Waals surface area contributed by atoms with Gasteiger partial charge in [0, 0.05) is 9.13 Å². The van der Waals surface area contributed by atoms with Gasteiger partial charge in [0.2, 0.25) is 0 Å². The molecule has 1 aliphatic heterocycles. The van der Waals surface area contributed by atoms with E-state index >= 15 is 0 Å². The van der Waals surface area contributed by atoms with Gasteiger partial charge in [-0.3, -0.25) is 9.59 Å². The second-order valence-corrected chi connectivity index (χ2v) is 8.41. The summed E-state index contributed by atoms with van der Waals surface area (Å²) >= 11 is 2.11. The standard InChI is InChI=1S/C12H12INO4S/c1-12(2)11(16)14(19(12,17)18)7-10(15)8-3-5-9(13)6-4-8/h3-6H,7H2,1-2H3. The van der Waals surface area contributed by atoms with E-state index in [9.17, 15) is 18.0 Å². The number of Topliss-reactive ketones (excluding diaryl/α,β-unsaturated/α-hetero) is 1. The van der Waals surface area contributed by atoms with Gasteiger partial charge in [0.1, 0.15) is 6.54 Å². The summed E-state index contributed by atoms with van der Waals surface area (Å²) in [6, 6.07) is 6.74. The molecule has 1 aliphatic rings. The average Bonchev–Trinajstić information content (AvgIpc) is 2.35. The zero-order valence-electron chi connectivity index (χ0n) is 10.4. The number of nitrogens with zero attached hydrogens (tertiary/aromatic N) is 1. The Morgan fingerprint density at radius 3 is 2.26 bits per heavy atom. The van der Waals surface area contributed by atoms with Gasteiger partial charge in [-0.25, -0.2) is 12.7 Å². The van der Waals surface area contributed by atoms with Crippen molar-refractivity contribution < 1.29 is 18.0 Å². The van der Waals surface area contributed by atoms with Crippen molar-refractivity contribution in [1.82, 2.24) is 4.31 Å². The van der Waals surface area contributed by atoms with Crippen molar-refractivity contribution >= 4 is 44.3 Å². The van der Waals surface area contributed by atoms with Crippen LogP contribution in [0.2, 0.25) is 0 Å². The van der Waals surface area contributed by atoms with Crippen LogP contribution >= 0.6 is 22.6 Å². The summed E-state index contributed by atoms with van der Waals surface area (Å²) in [7, 11) is -3.70. The molecule has 102 valence electrons. The van der Waals surface area contributed by atoms with Crippen LogP contribution in [0.1, 0.15) is 24.2 Å². The highest BCUT2D eigenvalue weighted by Crippen LogP contribution is 2.34. The lowest BCUT2D eigenvalue weighted by atomic mass is 10.1. The molecule has 0 aromatic heterocycles. The number of amides is 1. The van der Waals surface area contributed by atoms with Gasteiger partial charge in [-0.05, 0) is 48.6 Å². The molecule has 0 aliphatic carbocycles. The SMILES string of the molecule is CC1(C)C(=O)N(CC(=O)c2ccc(I)cc2)S1(=O)=O. The molecule has 1 saturated heterocycles. The number of carbonyl (C=O) groups excluding carboxylic acids is 2. The van der Waals surface area contributed by atoms with E-state index < -0.39 is 27.2 Å². The topological polar surface area (TPSA) is 71.5 Å². The summed E-state index contributed by atoms with van der Waals surface area (Å²) in [5, 5.41) is 0. The van der Waals surface area contributed by atoms with Gasteiger partial charge in [0.15, 0.2) is 10.5 Å². The maximum absolute atomic E-state index is 11.9. The lowest BCUT2D eigenvalue weighted by molar-refractivity contribution is -0.131. The maximum Gasteiger partial charge on any atom is 0.259 e. The van der Waals surface area contributed by atoms with Gasteiger partial charge in [-0.1, -0.05) is 12.1 Å². The van der Waals surface area contributed by atoms with Crippen LogP contribution < -0.4 is 0 Å². The summed E-state index contributed by atoms with van der Waals surface area (Å²) < 4.78 is 23.9. The second-order valence-electron chi connectivity index (χ2n) is 4.76. The first-order valence-corrected chi connectivity index (χ1v) is 8.05. The number of sulfonamides is 1. The van der Waals surface area contributed by atoms with Crippen LogP contribution in [0, 0.1) is 3.57 Å². The fraction of sp³-hybridized carbons (Fsp3) is 0.333. The van der Waals surface area contributed by atoms with E-state index in [1.165, 1.54) is 13.8 Å². The van der Waals surface area contributed by atoms with Crippen molar-refractivity contribution in [1.29, 1.82) is 0 Å². The number of benzene rings is 1. The number of rotatable bonds is 3. The smallest absolute Gasteiger partial charge is 0.259 e. The zero-order chi connectivity index (χ0) is 14.4. The number of carbonyl (C=O) groups is 2. The Bertz CT molecular complexity index is 649. The van der Waals surface area contributed by atoms with Crippen LogP contribution in [0.5, 0.6) is 0 Å². The van der Waals surface area contributed by atoms with E-state index in [-0.39, 0.29) is 5.78 Å². The third-order valence-electron chi connectivity index (χ3n) is 3.13.